The van der Waals surface area contributed by atoms with E-state index in [1.54, 1.807) is 24.4 Å². The third kappa shape index (κ3) is 1.52. The van der Waals surface area contributed by atoms with Crippen molar-refractivity contribution in [2.24, 2.45) is 0 Å². The number of rotatable bonds is 2. The minimum absolute atomic E-state index is 0.124. The lowest BCUT2D eigenvalue weighted by Gasteiger charge is -2.04. The molecule has 0 aliphatic heterocycles. The lowest BCUT2D eigenvalue weighted by Crippen LogP contribution is -2.21. The van der Waals surface area contributed by atoms with Crippen molar-refractivity contribution in [3.63, 3.8) is 0 Å². The maximum absolute atomic E-state index is 11.8. The Morgan fingerprint density at radius 3 is 2.88 bits per heavy atom. The molecule has 0 fully saturated rings. The van der Waals surface area contributed by atoms with Gasteiger partial charge in [0.15, 0.2) is 0 Å². The fourth-order valence-electron chi connectivity index (χ4n) is 1.57. The fourth-order valence-corrected chi connectivity index (χ4v) is 1.57. The van der Waals surface area contributed by atoms with E-state index < -0.39 is 0 Å². The summed E-state index contributed by atoms with van der Waals surface area (Å²) in [6.07, 6.45) is 3.18. The molecule has 0 saturated heterocycles. The molecule has 4 heteroatoms. The first-order valence-electron chi connectivity index (χ1n) is 4.95. The van der Waals surface area contributed by atoms with Gasteiger partial charge in [0, 0.05) is 18.3 Å². The molecule has 80 valence electrons. The molecule has 0 aromatic carbocycles. The van der Waals surface area contributed by atoms with Gasteiger partial charge in [-0.15, -0.1) is 0 Å². The first kappa shape index (κ1) is 10.2. The highest BCUT2D eigenvalue weighted by molar-refractivity contribution is 5.64. The normalized spacial score (nSPS) is 10.0. The van der Waals surface area contributed by atoms with E-state index in [9.17, 15) is 4.79 Å². The van der Waals surface area contributed by atoms with E-state index in [2.05, 4.69) is 0 Å². The summed E-state index contributed by atoms with van der Waals surface area (Å²) in [4.78, 5) is 11.8. The Hall–Kier alpha value is -2.28. The van der Waals surface area contributed by atoms with Crippen LogP contribution in [-0.4, -0.2) is 4.57 Å². The number of hydrogen-bond acceptors (Lipinski definition) is 3. The van der Waals surface area contributed by atoms with Gasteiger partial charge < -0.3 is 8.98 Å². The van der Waals surface area contributed by atoms with Gasteiger partial charge in [0.05, 0.1) is 6.26 Å². The molecule has 2 heterocycles. The molecule has 0 atom stereocenters. The van der Waals surface area contributed by atoms with Gasteiger partial charge in [0.25, 0.3) is 5.56 Å². The van der Waals surface area contributed by atoms with Gasteiger partial charge in [-0.25, -0.2) is 0 Å². The molecule has 0 bridgehead atoms. The zero-order chi connectivity index (χ0) is 11.5. The molecule has 2 rings (SSSR count). The minimum atomic E-state index is -0.279. The van der Waals surface area contributed by atoms with E-state index in [-0.39, 0.29) is 11.1 Å². The van der Waals surface area contributed by atoms with E-state index in [4.69, 9.17) is 9.68 Å². The predicted molar refractivity (Wildman–Crippen MR) is 58.8 cm³/mol. The van der Waals surface area contributed by atoms with Crippen LogP contribution in [0, 0.1) is 11.3 Å². The van der Waals surface area contributed by atoms with Crippen LogP contribution in [0.5, 0.6) is 0 Å². The second kappa shape index (κ2) is 4.07. The van der Waals surface area contributed by atoms with Gasteiger partial charge in [-0.05, 0) is 25.1 Å². The van der Waals surface area contributed by atoms with Crippen molar-refractivity contribution in [1.82, 2.24) is 4.57 Å². The highest BCUT2D eigenvalue weighted by Gasteiger charge is 2.12. The summed E-state index contributed by atoms with van der Waals surface area (Å²) in [5, 5.41) is 9.01. The van der Waals surface area contributed by atoms with E-state index >= 15 is 0 Å². The number of hydrogen-bond donors (Lipinski definition) is 0. The van der Waals surface area contributed by atoms with Gasteiger partial charge in [-0.2, -0.15) is 5.26 Å². The second-order valence-electron chi connectivity index (χ2n) is 3.28. The summed E-state index contributed by atoms with van der Waals surface area (Å²) in [7, 11) is 0. The molecule has 4 nitrogen and oxygen atoms in total. The van der Waals surface area contributed by atoms with Gasteiger partial charge in [0.2, 0.25) is 0 Å². The van der Waals surface area contributed by atoms with Crippen LogP contribution in [0.25, 0.3) is 11.3 Å². The van der Waals surface area contributed by atoms with Crippen molar-refractivity contribution in [1.29, 1.82) is 5.26 Å². The van der Waals surface area contributed by atoms with Crippen LogP contribution in [0.2, 0.25) is 0 Å². The standard InChI is InChI=1S/C12H10N2O2/c1-2-14-6-5-9(10(8-13)12(14)15)11-4-3-7-16-11/h3-7H,2H2,1H3. The summed E-state index contributed by atoms with van der Waals surface area (Å²) in [5.41, 5.74) is 0.389. The molecule has 0 spiro atoms. The summed E-state index contributed by atoms with van der Waals surface area (Å²) in [6.45, 7) is 2.40. The van der Waals surface area contributed by atoms with Crippen LogP contribution in [0.15, 0.2) is 39.9 Å². The van der Waals surface area contributed by atoms with Crippen molar-refractivity contribution in [2.75, 3.05) is 0 Å². The Bertz CT molecular complexity index is 588. The van der Waals surface area contributed by atoms with E-state index in [1.165, 1.54) is 10.8 Å². The van der Waals surface area contributed by atoms with Crippen LogP contribution in [0.3, 0.4) is 0 Å². The molecule has 2 aromatic rings. The largest absolute Gasteiger partial charge is 0.464 e. The van der Waals surface area contributed by atoms with Crippen LogP contribution in [0.4, 0.5) is 0 Å². The van der Waals surface area contributed by atoms with Crippen LogP contribution >= 0.6 is 0 Å². The fraction of sp³-hybridized carbons (Fsp3) is 0.167. The van der Waals surface area contributed by atoms with Crippen molar-refractivity contribution in [2.45, 2.75) is 13.5 Å². The number of nitrogens with zero attached hydrogens (tertiary/aromatic N) is 2. The summed E-state index contributed by atoms with van der Waals surface area (Å²) < 4.78 is 6.68. The molecule has 0 amide bonds. The van der Waals surface area contributed by atoms with E-state index in [1.807, 2.05) is 13.0 Å². The molecule has 0 aliphatic carbocycles. The Morgan fingerprint density at radius 2 is 2.31 bits per heavy atom. The predicted octanol–water partition coefficient (Wildman–Crippen LogP) is 2.00. The van der Waals surface area contributed by atoms with Crippen LogP contribution in [-0.2, 0) is 6.54 Å². The highest BCUT2D eigenvalue weighted by Crippen LogP contribution is 2.21. The quantitative estimate of drug-likeness (QED) is 0.768. The molecule has 0 unspecified atom stereocenters. The first-order valence-corrected chi connectivity index (χ1v) is 4.95. The summed E-state index contributed by atoms with van der Waals surface area (Å²) in [6, 6.07) is 7.11. The third-order valence-electron chi connectivity index (χ3n) is 2.40. The van der Waals surface area contributed by atoms with Crippen molar-refractivity contribution >= 4 is 0 Å². The van der Waals surface area contributed by atoms with Gasteiger partial charge in [-0.3, -0.25) is 4.79 Å². The molecular weight excluding hydrogens is 204 g/mol. The topological polar surface area (TPSA) is 58.9 Å². The van der Waals surface area contributed by atoms with E-state index in [0.717, 1.165) is 0 Å². The Kier molecular flexibility index (Phi) is 2.61. The molecule has 0 N–H and O–H groups in total. The number of nitriles is 1. The minimum Gasteiger partial charge on any atom is -0.464 e. The van der Waals surface area contributed by atoms with Crippen molar-refractivity contribution < 1.29 is 4.42 Å². The first-order chi connectivity index (χ1) is 7.77. The maximum Gasteiger partial charge on any atom is 0.269 e. The highest BCUT2D eigenvalue weighted by atomic mass is 16.3. The SMILES string of the molecule is CCn1ccc(-c2ccco2)c(C#N)c1=O. The monoisotopic (exact) mass is 214 g/mol. The van der Waals surface area contributed by atoms with Crippen LogP contribution in [0.1, 0.15) is 12.5 Å². The lowest BCUT2D eigenvalue weighted by atomic mass is 10.1. The molecule has 0 saturated carbocycles. The average Bonchev–Trinajstić information content (AvgIpc) is 2.82. The van der Waals surface area contributed by atoms with Gasteiger partial charge in [-0.1, -0.05) is 0 Å². The Balaban J connectivity index is 2.70. The molecule has 16 heavy (non-hydrogen) atoms. The Morgan fingerprint density at radius 1 is 1.50 bits per heavy atom. The van der Waals surface area contributed by atoms with Crippen molar-refractivity contribution in [3.8, 4) is 17.4 Å². The molecular formula is C12H10N2O2. The van der Waals surface area contributed by atoms with Crippen molar-refractivity contribution in [3.05, 3.63) is 46.6 Å². The zero-order valence-electron chi connectivity index (χ0n) is 8.80. The maximum atomic E-state index is 11.8. The number of aromatic nitrogens is 1. The smallest absolute Gasteiger partial charge is 0.269 e. The Labute approximate surface area is 92.4 Å². The van der Waals surface area contributed by atoms with Gasteiger partial charge >= 0.3 is 0 Å². The number of pyridine rings is 1. The third-order valence-corrected chi connectivity index (χ3v) is 2.40. The molecule has 0 radical (unpaired) electrons. The average molecular weight is 214 g/mol. The second-order valence-corrected chi connectivity index (χ2v) is 3.28. The van der Waals surface area contributed by atoms with Gasteiger partial charge in [0.1, 0.15) is 17.4 Å². The van der Waals surface area contributed by atoms with E-state index in [0.29, 0.717) is 17.9 Å². The summed E-state index contributed by atoms with van der Waals surface area (Å²) >= 11 is 0. The summed E-state index contributed by atoms with van der Waals surface area (Å²) in [5.74, 6) is 0.539. The molecule has 0 aliphatic rings. The lowest BCUT2D eigenvalue weighted by molar-refractivity contribution is 0.581. The zero-order valence-corrected chi connectivity index (χ0v) is 8.80. The number of aryl methyl sites for hydroxylation is 1. The molecule has 2 aromatic heterocycles. The number of furan rings is 1. The van der Waals surface area contributed by atoms with Crippen LogP contribution < -0.4 is 5.56 Å².